The molecule has 0 aromatic heterocycles. The first kappa shape index (κ1) is 17.4. The number of rotatable bonds is 11. The first-order valence-electron chi connectivity index (χ1n) is 6.61. The predicted octanol–water partition coefficient (Wildman–Crippen LogP) is 1.48. The second-order valence-corrected chi connectivity index (χ2v) is 4.34. The highest BCUT2D eigenvalue weighted by Gasteiger charge is 2.03. The fraction of sp³-hybridized carbons (Fsp3) is 0.769. The second-order valence-electron chi connectivity index (χ2n) is 4.34. The molecule has 6 heteroatoms. The Morgan fingerprint density at radius 3 is 2.21 bits per heavy atom. The zero-order valence-electron chi connectivity index (χ0n) is 11.4. The van der Waals surface area contributed by atoms with Crippen LogP contribution in [-0.2, 0) is 19.1 Å². The standard InChI is InChI=1S/C13H23NO5/c1-19-13(18)9-3-2-6-10-14-11(15)7-4-5-8-12(16)17/h2-10H2,1H3,(H,14,15)(H,16,17). The maximum Gasteiger partial charge on any atom is 0.305 e. The summed E-state index contributed by atoms with van der Waals surface area (Å²) in [5.41, 5.74) is 0. The molecule has 0 radical (unpaired) electrons. The van der Waals surface area contributed by atoms with E-state index in [1.165, 1.54) is 7.11 Å². The van der Waals surface area contributed by atoms with Crippen molar-refractivity contribution in [3.05, 3.63) is 0 Å². The monoisotopic (exact) mass is 273 g/mol. The first-order valence-corrected chi connectivity index (χ1v) is 6.61. The number of carbonyl (C=O) groups excluding carboxylic acids is 2. The molecule has 0 atom stereocenters. The van der Waals surface area contributed by atoms with Crippen molar-refractivity contribution in [1.82, 2.24) is 5.32 Å². The normalized spacial score (nSPS) is 9.95. The molecule has 110 valence electrons. The Kier molecular flexibility index (Phi) is 10.5. The number of nitrogens with one attached hydrogen (secondary N) is 1. The Labute approximate surface area is 113 Å². The minimum absolute atomic E-state index is 0.0432. The van der Waals surface area contributed by atoms with Gasteiger partial charge in [-0.2, -0.15) is 0 Å². The van der Waals surface area contributed by atoms with E-state index < -0.39 is 5.97 Å². The number of amides is 1. The van der Waals surface area contributed by atoms with Gasteiger partial charge in [-0.1, -0.05) is 6.42 Å². The fourth-order valence-corrected chi connectivity index (χ4v) is 1.55. The number of methoxy groups -OCH3 is 1. The maximum absolute atomic E-state index is 11.3. The molecule has 0 rings (SSSR count). The van der Waals surface area contributed by atoms with Crippen LogP contribution in [0.3, 0.4) is 0 Å². The molecule has 0 aliphatic carbocycles. The van der Waals surface area contributed by atoms with Crippen LogP contribution in [0.25, 0.3) is 0 Å². The molecule has 0 aromatic carbocycles. The van der Waals surface area contributed by atoms with Gasteiger partial charge in [0.1, 0.15) is 0 Å². The number of hydrogen-bond acceptors (Lipinski definition) is 4. The van der Waals surface area contributed by atoms with Crippen LogP contribution in [0.5, 0.6) is 0 Å². The Balaban J connectivity index is 3.29. The van der Waals surface area contributed by atoms with E-state index in [-0.39, 0.29) is 18.3 Å². The molecule has 0 aliphatic rings. The number of carboxylic acid groups (broad SMARTS) is 1. The molecule has 0 heterocycles. The number of carboxylic acids is 1. The van der Waals surface area contributed by atoms with Crippen LogP contribution in [0, 0.1) is 0 Å². The smallest absolute Gasteiger partial charge is 0.305 e. The third-order valence-electron chi connectivity index (χ3n) is 2.65. The molecule has 0 saturated carbocycles. The van der Waals surface area contributed by atoms with Crippen molar-refractivity contribution in [2.45, 2.75) is 51.4 Å². The summed E-state index contributed by atoms with van der Waals surface area (Å²) in [6.07, 6.45) is 4.49. The summed E-state index contributed by atoms with van der Waals surface area (Å²) in [6.45, 7) is 0.596. The highest BCUT2D eigenvalue weighted by molar-refractivity contribution is 5.75. The summed E-state index contributed by atoms with van der Waals surface area (Å²) >= 11 is 0. The van der Waals surface area contributed by atoms with Crippen LogP contribution in [0.2, 0.25) is 0 Å². The van der Waals surface area contributed by atoms with Crippen molar-refractivity contribution in [3.8, 4) is 0 Å². The molecular weight excluding hydrogens is 250 g/mol. The number of ether oxygens (including phenoxy) is 1. The predicted molar refractivity (Wildman–Crippen MR) is 69.6 cm³/mol. The molecule has 0 saturated heterocycles. The lowest BCUT2D eigenvalue weighted by atomic mass is 10.1. The highest BCUT2D eigenvalue weighted by atomic mass is 16.5. The zero-order valence-corrected chi connectivity index (χ0v) is 11.4. The van der Waals surface area contributed by atoms with Crippen LogP contribution < -0.4 is 5.32 Å². The zero-order chi connectivity index (χ0) is 14.5. The van der Waals surface area contributed by atoms with Gasteiger partial charge < -0.3 is 15.2 Å². The molecule has 1 amide bonds. The lowest BCUT2D eigenvalue weighted by molar-refractivity contribution is -0.141. The number of carbonyl (C=O) groups is 3. The Hall–Kier alpha value is -1.59. The van der Waals surface area contributed by atoms with Crippen molar-refractivity contribution in [1.29, 1.82) is 0 Å². The van der Waals surface area contributed by atoms with Gasteiger partial charge in [-0.3, -0.25) is 14.4 Å². The summed E-state index contributed by atoms with van der Waals surface area (Å²) in [7, 11) is 1.37. The van der Waals surface area contributed by atoms with Gasteiger partial charge in [-0.05, 0) is 25.7 Å². The summed E-state index contributed by atoms with van der Waals surface area (Å²) in [4.78, 5) is 32.4. The van der Waals surface area contributed by atoms with Crippen molar-refractivity contribution in [2.75, 3.05) is 13.7 Å². The topological polar surface area (TPSA) is 92.7 Å². The summed E-state index contributed by atoms with van der Waals surface area (Å²) in [5.74, 6) is -1.08. The van der Waals surface area contributed by atoms with E-state index in [9.17, 15) is 14.4 Å². The van der Waals surface area contributed by atoms with Crippen molar-refractivity contribution in [3.63, 3.8) is 0 Å². The molecule has 0 spiro atoms. The Morgan fingerprint density at radius 2 is 1.58 bits per heavy atom. The van der Waals surface area contributed by atoms with Crippen molar-refractivity contribution in [2.24, 2.45) is 0 Å². The minimum atomic E-state index is -0.828. The molecule has 0 aromatic rings. The van der Waals surface area contributed by atoms with Crippen molar-refractivity contribution < 1.29 is 24.2 Å². The molecule has 2 N–H and O–H groups in total. The fourth-order valence-electron chi connectivity index (χ4n) is 1.55. The van der Waals surface area contributed by atoms with Crippen LogP contribution in [0.4, 0.5) is 0 Å². The van der Waals surface area contributed by atoms with Gasteiger partial charge in [0.05, 0.1) is 7.11 Å². The maximum atomic E-state index is 11.3. The van der Waals surface area contributed by atoms with Gasteiger partial charge in [0.25, 0.3) is 0 Å². The Bertz CT molecular complexity index is 291. The summed E-state index contributed by atoms with van der Waals surface area (Å²) < 4.78 is 4.52. The highest BCUT2D eigenvalue weighted by Crippen LogP contribution is 2.01. The summed E-state index contributed by atoms with van der Waals surface area (Å²) in [5, 5.41) is 11.2. The van der Waals surface area contributed by atoms with Crippen molar-refractivity contribution >= 4 is 17.8 Å². The molecule has 0 bridgehead atoms. The number of hydrogen-bond donors (Lipinski definition) is 2. The van der Waals surface area contributed by atoms with E-state index in [0.717, 1.165) is 19.3 Å². The number of esters is 1. The minimum Gasteiger partial charge on any atom is -0.481 e. The number of unbranched alkanes of at least 4 members (excludes halogenated alkanes) is 3. The van der Waals surface area contributed by atoms with Gasteiger partial charge in [0.15, 0.2) is 0 Å². The SMILES string of the molecule is COC(=O)CCCCCNC(=O)CCCCC(=O)O. The van der Waals surface area contributed by atoms with E-state index in [1.54, 1.807) is 0 Å². The molecule has 0 aliphatic heterocycles. The van der Waals surface area contributed by atoms with Gasteiger partial charge in [-0.25, -0.2) is 0 Å². The van der Waals surface area contributed by atoms with E-state index in [2.05, 4.69) is 10.1 Å². The van der Waals surface area contributed by atoms with Gasteiger partial charge >= 0.3 is 11.9 Å². The third-order valence-corrected chi connectivity index (χ3v) is 2.65. The van der Waals surface area contributed by atoms with Gasteiger partial charge in [0.2, 0.25) is 5.91 Å². The number of aliphatic carboxylic acids is 1. The van der Waals surface area contributed by atoms with E-state index in [0.29, 0.717) is 32.2 Å². The molecule has 6 nitrogen and oxygen atoms in total. The molecule has 19 heavy (non-hydrogen) atoms. The second kappa shape index (κ2) is 11.5. The van der Waals surface area contributed by atoms with Crippen LogP contribution >= 0.6 is 0 Å². The lowest BCUT2D eigenvalue weighted by Crippen LogP contribution is -2.24. The largest absolute Gasteiger partial charge is 0.481 e. The molecule has 0 unspecified atom stereocenters. The first-order chi connectivity index (χ1) is 9.06. The molecular formula is C13H23NO5. The van der Waals surface area contributed by atoms with E-state index in [4.69, 9.17) is 5.11 Å². The average molecular weight is 273 g/mol. The Morgan fingerprint density at radius 1 is 0.947 bits per heavy atom. The molecule has 0 fully saturated rings. The quantitative estimate of drug-likeness (QED) is 0.439. The van der Waals surface area contributed by atoms with Crippen LogP contribution in [-0.4, -0.2) is 36.6 Å². The van der Waals surface area contributed by atoms with Gasteiger partial charge in [0, 0.05) is 25.8 Å². The van der Waals surface area contributed by atoms with Crippen LogP contribution in [0.1, 0.15) is 51.4 Å². The van der Waals surface area contributed by atoms with Gasteiger partial charge in [-0.15, -0.1) is 0 Å². The summed E-state index contributed by atoms with van der Waals surface area (Å²) in [6, 6.07) is 0. The average Bonchev–Trinajstić information content (AvgIpc) is 2.38. The van der Waals surface area contributed by atoms with Crippen LogP contribution in [0.15, 0.2) is 0 Å². The van der Waals surface area contributed by atoms with E-state index >= 15 is 0 Å². The lowest BCUT2D eigenvalue weighted by Gasteiger charge is -2.04. The third kappa shape index (κ3) is 12.7. The van der Waals surface area contributed by atoms with E-state index in [1.807, 2.05) is 0 Å².